The van der Waals surface area contributed by atoms with E-state index in [9.17, 15) is 13.2 Å². The van der Waals surface area contributed by atoms with Gasteiger partial charge in [0.05, 0.1) is 26.3 Å². The fraction of sp³-hybridized carbons (Fsp3) is 0.133. The monoisotopic (exact) mass is 509 g/mol. The zero-order chi connectivity index (χ0) is 19.5. The Balaban J connectivity index is 2.25. The maximum atomic E-state index is 12.7. The second kappa shape index (κ2) is 8.89. The third kappa shape index (κ3) is 5.82. The number of alkyl halides is 5. The molecule has 140 valence electrons. The molecule has 1 aromatic heterocycles. The van der Waals surface area contributed by atoms with Crippen LogP contribution in [0.1, 0.15) is 5.56 Å². The number of hydrogen-bond donors (Lipinski definition) is 0. The van der Waals surface area contributed by atoms with E-state index < -0.39 is 16.6 Å². The molecule has 0 fully saturated rings. The van der Waals surface area contributed by atoms with Crippen molar-refractivity contribution in [1.82, 2.24) is 4.98 Å². The molecular formula is C15H7BrCl4F3NO2. The Morgan fingerprint density at radius 1 is 1.12 bits per heavy atom. The van der Waals surface area contributed by atoms with Crippen molar-refractivity contribution in [3.05, 3.63) is 56.8 Å². The summed E-state index contributed by atoms with van der Waals surface area (Å²) in [6.45, 7) is 0. The molecule has 3 nitrogen and oxygen atoms in total. The Labute approximate surface area is 174 Å². The highest BCUT2D eigenvalue weighted by atomic mass is 79.9. The molecule has 1 heterocycles. The van der Waals surface area contributed by atoms with E-state index in [0.717, 1.165) is 6.07 Å². The molecule has 0 atom stereocenters. The van der Waals surface area contributed by atoms with Gasteiger partial charge in [-0.15, -0.1) is 23.2 Å². The summed E-state index contributed by atoms with van der Waals surface area (Å²) in [7, 11) is 0. The highest BCUT2D eigenvalue weighted by Crippen LogP contribution is 2.41. The minimum absolute atomic E-state index is 0.00480. The molecule has 0 amide bonds. The van der Waals surface area contributed by atoms with Gasteiger partial charge in [-0.1, -0.05) is 23.2 Å². The lowest BCUT2D eigenvalue weighted by Crippen LogP contribution is -2.06. The third-order valence-corrected chi connectivity index (χ3v) is 4.15. The number of nitrogens with zero attached hydrogens (tertiary/aromatic N) is 1. The van der Waals surface area contributed by atoms with Crippen LogP contribution in [0, 0.1) is 0 Å². The predicted octanol–water partition coefficient (Wildman–Crippen LogP) is 7.66. The summed E-state index contributed by atoms with van der Waals surface area (Å²) in [5, 5.41) is 0.116. The van der Waals surface area contributed by atoms with E-state index >= 15 is 0 Å². The molecule has 0 spiro atoms. The molecule has 0 radical (unpaired) electrons. The van der Waals surface area contributed by atoms with Crippen LogP contribution in [0.5, 0.6) is 17.4 Å². The number of aromatic nitrogens is 1. The fourth-order valence-corrected chi connectivity index (χ4v) is 2.72. The van der Waals surface area contributed by atoms with Crippen molar-refractivity contribution in [3.8, 4) is 17.4 Å². The molecule has 0 saturated carbocycles. The SMILES string of the molecule is FC(F)(F)c1cnc(Oc2c(Cl)cc(OC=CC(Cl)Cl)cc2Cl)c(Br)c1. The minimum atomic E-state index is -4.53. The van der Waals surface area contributed by atoms with Crippen LogP contribution in [0.4, 0.5) is 13.2 Å². The average Bonchev–Trinajstić information content (AvgIpc) is 2.50. The number of halogens is 8. The van der Waals surface area contributed by atoms with Crippen LogP contribution in [0.3, 0.4) is 0 Å². The van der Waals surface area contributed by atoms with E-state index in [4.69, 9.17) is 55.9 Å². The quantitative estimate of drug-likeness (QED) is 0.305. The van der Waals surface area contributed by atoms with Gasteiger partial charge in [0.25, 0.3) is 0 Å². The Morgan fingerprint density at radius 3 is 2.23 bits per heavy atom. The molecule has 2 aromatic rings. The van der Waals surface area contributed by atoms with Crippen LogP contribution in [0.25, 0.3) is 0 Å². The van der Waals surface area contributed by atoms with E-state index in [1.807, 2.05) is 0 Å². The first-order chi connectivity index (χ1) is 12.1. The van der Waals surface area contributed by atoms with Crippen molar-refractivity contribution in [2.24, 2.45) is 0 Å². The summed E-state index contributed by atoms with van der Waals surface area (Å²) in [6.07, 6.45) is -1.26. The predicted molar refractivity (Wildman–Crippen MR) is 98.7 cm³/mol. The topological polar surface area (TPSA) is 31.4 Å². The van der Waals surface area contributed by atoms with Crippen molar-refractivity contribution in [1.29, 1.82) is 0 Å². The van der Waals surface area contributed by atoms with Crippen LogP contribution in [-0.2, 0) is 6.18 Å². The second-order valence-electron chi connectivity index (χ2n) is 4.61. The van der Waals surface area contributed by atoms with Crippen molar-refractivity contribution in [2.45, 2.75) is 11.0 Å². The summed E-state index contributed by atoms with van der Waals surface area (Å²) >= 11 is 26.2. The molecule has 0 N–H and O–H groups in total. The zero-order valence-corrected chi connectivity index (χ0v) is 16.9. The first kappa shape index (κ1) is 21.4. The highest BCUT2D eigenvalue weighted by molar-refractivity contribution is 9.10. The Morgan fingerprint density at radius 2 is 1.73 bits per heavy atom. The van der Waals surface area contributed by atoms with Crippen LogP contribution in [-0.4, -0.2) is 9.82 Å². The largest absolute Gasteiger partial charge is 0.465 e. The van der Waals surface area contributed by atoms with Gasteiger partial charge in [0.1, 0.15) is 10.6 Å². The lowest BCUT2D eigenvalue weighted by molar-refractivity contribution is -0.137. The lowest BCUT2D eigenvalue weighted by atomic mass is 10.3. The molecule has 2 rings (SSSR count). The van der Waals surface area contributed by atoms with Gasteiger partial charge < -0.3 is 9.47 Å². The van der Waals surface area contributed by atoms with Gasteiger partial charge in [0, 0.05) is 18.3 Å². The Hall–Kier alpha value is -0.860. The van der Waals surface area contributed by atoms with Crippen LogP contribution in [0.2, 0.25) is 10.0 Å². The molecule has 0 saturated heterocycles. The van der Waals surface area contributed by atoms with E-state index in [0.29, 0.717) is 6.20 Å². The van der Waals surface area contributed by atoms with Gasteiger partial charge in [-0.25, -0.2) is 4.98 Å². The molecule has 26 heavy (non-hydrogen) atoms. The third-order valence-electron chi connectivity index (χ3n) is 2.73. The van der Waals surface area contributed by atoms with Crippen LogP contribution < -0.4 is 9.47 Å². The van der Waals surface area contributed by atoms with Gasteiger partial charge in [-0.3, -0.25) is 0 Å². The summed E-state index contributed by atoms with van der Waals surface area (Å²) in [4.78, 5) is 2.89. The van der Waals surface area contributed by atoms with Crippen molar-refractivity contribution in [3.63, 3.8) is 0 Å². The maximum Gasteiger partial charge on any atom is 0.417 e. The van der Waals surface area contributed by atoms with E-state index in [1.54, 1.807) is 0 Å². The van der Waals surface area contributed by atoms with Crippen molar-refractivity contribution in [2.75, 3.05) is 0 Å². The number of hydrogen-bond acceptors (Lipinski definition) is 3. The van der Waals surface area contributed by atoms with Gasteiger partial charge >= 0.3 is 6.18 Å². The summed E-state index contributed by atoms with van der Waals surface area (Å²) in [5.74, 6) is 0.143. The molecular weight excluding hydrogens is 505 g/mol. The van der Waals surface area contributed by atoms with Crippen LogP contribution in [0.15, 0.2) is 41.2 Å². The number of rotatable bonds is 5. The van der Waals surface area contributed by atoms with E-state index in [2.05, 4.69) is 20.9 Å². The summed E-state index contributed by atoms with van der Waals surface area (Å²) < 4.78 is 48.7. The minimum Gasteiger partial charge on any atom is -0.465 e. The lowest BCUT2D eigenvalue weighted by Gasteiger charge is -2.13. The number of benzene rings is 1. The second-order valence-corrected chi connectivity index (χ2v) is 7.44. The molecule has 0 unspecified atom stereocenters. The molecule has 0 aliphatic heterocycles. The van der Waals surface area contributed by atoms with E-state index in [1.165, 1.54) is 24.5 Å². The molecule has 11 heteroatoms. The maximum absolute atomic E-state index is 12.7. The smallest absolute Gasteiger partial charge is 0.417 e. The average molecular weight is 512 g/mol. The normalized spacial score (nSPS) is 12.0. The van der Waals surface area contributed by atoms with Crippen molar-refractivity contribution < 1.29 is 22.6 Å². The number of ether oxygens (including phenoxy) is 2. The standard InChI is InChI=1S/C15H7BrCl4F3NO2/c16-9-3-7(15(21,22)23)6-24-14(9)26-13-10(17)4-8(5-11(13)18)25-2-1-12(19)20/h1-6,12H. The van der Waals surface area contributed by atoms with Gasteiger partial charge in [-0.2, -0.15) is 13.2 Å². The van der Waals surface area contributed by atoms with Gasteiger partial charge in [0.15, 0.2) is 5.75 Å². The van der Waals surface area contributed by atoms with Gasteiger partial charge in [0.2, 0.25) is 5.88 Å². The van der Waals surface area contributed by atoms with E-state index in [-0.39, 0.29) is 31.9 Å². The first-order valence-electron chi connectivity index (χ1n) is 6.59. The fourth-order valence-electron chi connectivity index (χ4n) is 1.63. The number of pyridine rings is 1. The number of allylic oxidation sites excluding steroid dienone is 1. The molecule has 0 bridgehead atoms. The zero-order valence-electron chi connectivity index (χ0n) is 12.3. The van der Waals surface area contributed by atoms with Gasteiger partial charge in [-0.05, 0) is 28.1 Å². The Bertz CT molecular complexity index is 808. The summed E-state index contributed by atoms with van der Waals surface area (Å²) in [5.41, 5.74) is -0.929. The Kier molecular flexibility index (Phi) is 7.33. The van der Waals surface area contributed by atoms with Crippen molar-refractivity contribution >= 4 is 62.3 Å². The van der Waals surface area contributed by atoms with Crippen LogP contribution >= 0.6 is 62.3 Å². The first-order valence-corrected chi connectivity index (χ1v) is 9.01. The highest BCUT2D eigenvalue weighted by Gasteiger charge is 2.31. The summed E-state index contributed by atoms with van der Waals surface area (Å²) in [6, 6.07) is 3.62. The molecule has 0 aliphatic carbocycles. The molecule has 1 aromatic carbocycles. The molecule has 0 aliphatic rings.